The molecule has 12 heavy (non-hydrogen) atoms. The zero-order valence-corrected chi connectivity index (χ0v) is 7.94. The Morgan fingerprint density at radius 2 is 2.17 bits per heavy atom. The van der Waals surface area contributed by atoms with E-state index in [2.05, 4.69) is 17.2 Å². The molecule has 0 aliphatic carbocycles. The molecular weight excluding hydrogens is 152 g/mol. The maximum Gasteiger partial charge on any atom is 0.246 e. The second-order valence-electron chi connectivity index (χ2n) is 2.67. The number of hydrogen-bond acceptors (Lipinski definition) is 2. The van der Waals surface area contributed by atoms with Crippen molar-refractivity contribution in [2.24, 2.45) is 0 Å². The Morgan fingerprint density at radius 3 is 2.67 bits per heavy atom. The summed E-state index contributed by atoms with van der Waals surface area (Å²) in [7, 11) is 1.90. The third-order valence-corrected chi connectivity index (χ3v) is 1.56. The summed E-state index contributed by atoms with van der Waals surface area (Å²) < 4.78 is 0. The Kier molecular flexibility index (Phi) is 6.38. The van der Waals surface area contributed by atoms with E-state index >= 15 is 0 Å². The maximum atomic E-state index is 11.1. The first-order chi connectivity index (χ1) is 5.72. The SMILES string of the molecule is C=C(CCCNC)C(=O)NCC. The van der Waals surface area contributed by atoms with Gasteiger partial charge in [-0.1, -0.05) is 6.58 Å². The summed E-state index contributed by atoms with van der Waals surface area (Å²) in [5, 5.41) is 5.73. The third kappa shape index (κ3) is 4.91. The molecule has 0 atom stereocenters. The van der Waals surface area contributed by atoms with Gasteiger partial charge >= 0.3 is 0 Å². The molecule has 0 aromatic heterocycles. The summed E-state index contributed by atoms with van der Waals surface area (Å²) in [5.41, 5.74) is 0.673. The molecule has 0 saturated heterocycles. The monoisotopic (exact) mass is 170 g/mol. The fraction of sp³-hybridized carbons (Fsp3) is 0.667. The number of hydrogen-bond donors (Lipinski definition) is 2. The second-order valence-corrected chi connectivity index (χ2v) is 2.67. The lowest BCUT2D eigenvalue weighted by molar-refractivity contribution is -0.117. The van der Waals surface area contributed by atoms with Crippen LogP contribution in [0.4, 0.5) is 0 Å². The van der Waals surface area contributed by atoms with Gasteiger partial charge in [-0.3, -0.25) is 4.79 Å². The first kappa shape index (κ1) is 11.2. The molecule has 3 nitrogen and oxygen atoms in total. The van der Waals surface area contributed by atoms with Crippen LogP contribution in [-0.4, -0.2) is 26.0 Å². The lowest BCUT2D eigenvalue weighted by Crippen LogP contribution is -2.24. The highest BCUT2D eigenvalue weighted by Crippen LogP contribution is 2.00. The van der Waals surface area contributed by atoms with Gasteiger partial charge in [-0.2, -0.15) is 0 Å². The molecule has 2 N–H and O–H groups in total. The predicted octanol–water partition coefficient (Wildman–Crippen LogP) is 0.678. The molecule has 0 aliphatic heterocycles. The maximum absolute atomic E-state index is 11.1. The quantitative estimate of drug-likeness (QED) is 0.454. The van der Waals surface area contributed by atoms with Gasteiger partial charge in [0.1, 0.15) is 0 Å². The molecule has 0 aliphatic rings. The highest BCUT2D eigenvalue weighted by Gasteiger charge is 2.03. The molecule has 70 valence electrons. The molecule has 0 aromatic rings. The van der Waals surface area contributed by atoms with Crippen LogP contribution in [-0.2, 0) is 4.79 Å². The molecule has 0 unspecified atom stereocenters. The Labute approximate surface area is 74.2 Å². The van der Waals surface area contributed by atoms with Crippen LogP contribution in [0.25, 0.3) is 0 Å². The van der Waals surface area contributed by atoms with Gasteiger partial charge in [-0.25, -0.2) is 0 Å². The molecule has 0 bridgehead atoms. The minimum Gasteiger partial charge on any atom is -0.353 e. The number of carbonyl (C=O) groups excluding carboxylic acids is 1. The molecular formula is C9H18N2O. The lowest BCUT2D eigenvalue weighted by atomic mass is 10.1. The van der Waals surface area contributed by atoms with Crippen molar-refractivity contribution in [1.29, 1.82) is 0 Å². The Balaban J connectivity index is 3.50. The topological polar surface area (TPSA) is 41.1 Å². The highest BCUT2D eigenvalue weighted by atomic mass is 16.1. The Bertz CT molecular complexity index is 155. The van der Waals surface area contributed by atoms with Gasteiger partial charge in [0.2, 0.25) is 5.91 Å². The van der Waals surface area contributed by atoms with E-state index in [1.165, 1.54) is 0 Å². The number of likely N-dealkylation sites (N-methyl/N-ethyl adjacent to an activating group) is 1. The van der Waals surface area contributed by atoms with Crippen molar-refractivity contribution in [3.8, 4) is 0 Å². The van der Waals surface area contributed by atoms with Crippen LogP contribution in [0, 0.1) is 0 Å². The molecule has 0 spiro atoms. The molecule has 0 radical (unpaired) electrons. The number of rotatable bonds is 6. The molecule has 0 saturated carbocycles. The van der Waals surface area contributed by atoms with Crippen LogP contribution in [0.1, 0.15) is 19.8 Å². The zero-order valence-electron chi connectivity index (χ0n) is 7.94. The molecule has 0 aromatic carbocycles. The van der Waals surface area contributed by atoms with Crippen LogP contribution in [0.3, 0.4) is 0 Å². The fourth-order valence-corrected chi connectivity index (χ4v) is 0.878. The first-order valence-corrected chi connectivity index (χ1v) is 4.33. The zero-order chi connectivity index (χ0) is 9.40. The summed E-state index contributed by atoms with van der Waals surface area (Å²) in [5.74, 6) is -0.0198. The van der Waals surface area contributed by atoms with Gasteiger partial charge in [0.25, 0.3) is 0 Å². The van der Waals surface area contributed by atoms with Crippen LogP contribution < -0.4 is 10.6 Å². The van der Waals surface area contributed by atoms with E-state index < -0.39 is 0 Å². The van der Waals surface area contributed by atoms with E-state index in [4.69, 9.17) is 0 Å². The fourth-order valence-electron chi connectivity index (χ4n) is 0.878. The number of carbonyl (C=O) groups is 1. The minimum absolute atomic E-state index is 0.0198. The van der Waals surface area contributed by atoms with E-state index in [9.17, 15) is 4.79 Å². The largest absolute Gasteiger partial charge is 0.353 e. The normalized spacial score (nSPS) is 9.50. The highest BCUT2D eigenvalue weighted by molar-refractivity contribution is 5.92. The molecule has 3 heteroatoms. The summed E-state index contributed by atoms with van der Waals surface area (Å²) in [4.78, 5) is 11.1. The van der Waals surface area contributed by atoms with E-state index in [1.807, 2.05) is 14.0 Å². The van der Waals surface area contributed by atoms with Gasteiger partial charge in [-0.05, 0) is 33.4 Å². The van der Waals surface area contributed by atoms with Crippen molar-refractivity contribution in [3.05, 3.63) is 12.2 Å². The van der Waals surface area contributed by atoms with Gasteiger partial charge < -0.3 is 10.6 Å². The summed E-state index contributed by atoms with van der Waals surface area (Å²) in [6.45, 7) is 7.21. The molecule has 1 amide bonds. The Hall–Kier alpha value is -0.830. The Morgan fingerprint density at radius 1 is 1.50 bits per heavy atom. The first-order valence-electron chi connectivity index (χ1n) is 4.33. The predicted molar refractivity (Wildman–Crippen MR) is 51.0 cm³/mol. The van der Waals surface area contributed by atoms with E-state index in [1.54, 1.807) is 0 Å². The summed E-state index contributed by atoms with van der Waals surface area (Å²) in [6, 6.07) is 0. The second kappa shape index (κ2) is 6.85. The molecule has 0 fully saturated rings. The van der Waals surface area contributed by atoms with Gasteiger partial charge in [0.05, 0.1) is 0 Å². The lowest BCUT2D eigenvalue weighted by Gasteiger charge is -2.04. The average molecular weight is 170 g/mol. The molecule has 0 rings (SSSR count). The smallest absolute Gasteiger partial charge is 0.246 e. The summed E-state index contributed by atoms with van der Waals surface area (Å²) in [6.07, 6.45) is 1.74. The van der Waals surface area contributed by atoms with Crippen LogP contribution in [0.2, 0.25) is 0 Å². The van der Waals surface area contributed by atoms with E-state index in [0.29, 0.717) is 12.1 Å². The number of nitrogens with one attached hydrogen (secondary N) is 2. The van der Waals surface area contributed by atoms with Crippen LogP contribution in [0.15, 0.2) is 12.2 Å². The van der Waals surface area contributed by atoms with Crippen molar-refractivity contribution >= 4 is 5.91 Å². The molecule has 0 heterocycles. The standard InChI is InChI=1S/C9H18N2O/c1-4-11-9(12)8(2)6-5-7-10-3/h10H,2,4-7H2,1,3H3,(H,11,12). The van der Waals surface area contributed by atoms with Gasteiger partial charge in [0, 0.05) is 12.1 Å². The average Bonchev–Trinajstić information content (AvgIpc) is 2.05. The van der Waals surface area contributed by atoms with E-state index in [-0.39, 0.29) is 5.91 Å². The van der Waals surface area contributed by atoms with Crippen molar-refractivity contribution in [2.45, 2.75) is 19.8 Å². The van der Waals surface area contributed by atoms with Crippen LogP contribution >= 0.6 is 0 Å². The summed E-state index contributed by atoms with van der Waals surface area (Å²) >= 11 is 0. The van der Waals surface area contributed by atoms with Crippen molar-refractivity contribution in [2.75, 3.05) is 20.1 Å². The van der Waals surface area contributed by atoms with Gasteiger partial charge in [-0.15, -0.1) is 0 Å². The van der Waals surface area contributed by atoms with Gasteiger partial charge in [0.15, 0.2) is 0 Å². The van der Waals surface area contributed by atoms with Crippen molar-refractivity contribution in [3.63, 3.8) is 0 Å². The van der Waals surface area contributed by atoms with E-state index in [0.717, 1.165) is 19.4 Å². The van der Waals surface area contributed by atoms with Crippen molar-refractivity contribution in [1.82, 2.24) is 10.6 Å². The van der Waals surface area contributed by atoms with Crippen molar-refractivity contribution < 1.29 is 4.79 Å². The minimum atomic E-state index is -0.0198. The number of amides is 1. The van der Waals surface area contributed by atoms with Crippen LogP contribution in [0.5, 0.6) is 0 Å². The third-order valence-electron chi connectivity index (χ3n) is 1.56.